The van der Waals surface area contributed by atoms with Gasteiger partial charge in [0.25, 0.3) is 6.43 Å². The minimum atomic E-state index is -2.67. The lowest BCUT2D eigenvalue weighted by atomic mass is 10.0. The van der Waals surface area contributed by atoms with Gasteiger partial charge in [-0.1, -0.05) is 13.8 Å². The number of hydrogen-bond acceptors (Lipinski definition) is 4. The number of benzene rings is 1. The van der Waals surface area contributed by atoms with Gasteiger partial charge in [0.05, 0.1) is 7.11 Å². The van der Waals surface area contributed by atoms with E-state index in [1.54, 1.807) is 0 Å². The molecule has 1 aromatic rings. The van der Waals surface area contributed by atoms with Crippen LogP contribution in [-0.4, -0.2) is 19.1 Å². The van der Waals surface area contributed by atoms with Crippen molar-refractivity contribution in [2.75, 3.05) is 18.2 Å². The molecule has 3 N–H and O–H groups in total. The molecule has 0 amide bonds. The van der Waals surface area contributed by atoms with Crippen molar-refractivity contribution in [2.24, 2.45) is 5.92 Å². The van der Waals surface area contributed by atoms with Crippen LogP contribution in [0.1, 0.15) is 32.3 Å². The first-order chi connectivity index (χ1) is 9.35. The fraction of sp³-hybridized carbons (Fsp3) is 0.500. The number of rotatable bonds is 6. The molecule has 1 aromatic carbocycles. The van der Waals surface area contributed by atoms with Crippen LogP contribution in [0.4, 0.5) is 20.2 Å². The van der Waals surface area contributed by atoms with E-state index in [9.17, 15) is 13.6 Å². The third-order valence-electron chi connectivity index (χ3n) is 2.83. The molecule has 0 aliphatic rings. The molecule has 20 heavy (non-hydrogen) atoms. The summed E-state index contributed by atoms with van der Waals surface area (Å²) < 4.78 is 30.7. The largest absolute Gasteiger partial charge is 0.467 e. The van der Waals surface area contributed by atoms with E-state index in [2.05, 4.69) is 5.32 Å². The molecule has 0 radical (unpaired) electrons. The highest BCUT2D eigenvalue weighted by atomic mass is 19.3. The van der Waals surface area contributed by atoms with Gasteiger partial charge in [-0.05, 0) is 30.5 Å². The number of hydrogen-bond donors (Lipinski definition) is 2. The van der Waals surface area contributed by atoms with Crippen LogP contribution in [0, 0.1) is 5.92 Å². The van der Waals surface area contributed by atoms with Crippen LogP contribution in [0.15, 0.2) is 18.2 Å². The SMILES string of the molecule is COC(=O)C(CC(C)C)Nc1ccc(N)cc1C(F)F. The van der Waals surface area contributed by atoms with Crippen molar-refractivity contribution in [1.29, 1.82) is 0 Å². The van der Waals surface area contributed by atoms with E-state index in [4.69, 9.17) is 10.5 Å². The molecule has 0 spiro atoms. The molecule has 0 fully saturated rings. The molecule has 4 nitrogen and oxygen atoms in total. The van der Waals surface area contributed by atoms with E-state index in [0.717, 1.165) is 0 Å². The minimum Gasteiger partial charge on any atom is -0.467 e. The Bertz CT molecular complexity index is 464. The molecular weight excluding hydrogens is 266 g/mol. The minimum absolute atomic E-state index is 0.199. The molecule has 6 heteroatoms. The highest BCUT2D eigenvalue weighted by Gasteiger charge is 2.23. The fourth-order valence-corrected chi connectivity index (χ4v) is 1.91. The third kappa shape index (κ3) is 4.36. The van der Waals surface area contributed by atoms with E-state index in [0.29, 0.717) is 6.42 Å². The van der Waals surface area contributed by atoms with Crippen molar-refractivity contribution in [3.63, 3.8) is 0 Å². The van der Waals surface area contributed by atoms with Crippen LogP contribution in [0.5, 0.6) is 0 Å². The van der Waals surface area contributed by atoms with E-state index >= 15 is 0 Å². The van der Waals surface area contributed by atoms with Crippen molar-refractivity contribution in [3.05, 3.63) is 23.8 Å². The Kier molecular flexibility index (Phi) is 5.73. The topological polar surface area (TPSA) is 64.3 Å². The Labute approximate surface area is 117 Å². The summed E-state index contributed by atoms with van der Waals surface area (Å²) in [6.07, 6.45) is -2.18. The summed E-state index contributed by atoms with van der Waals surface area (Å²) in [7, 11) is 1.27. The second kappa shape index (κ2) is 7.07. The predicted molar refractivity (Wildman–Crippen MR) is 74.7 cm³/mol. The number of carbonyl (C=O) groups is 1. The molecule has 0 saturated carbocycles. The quantitative estimate of drug-likeness (QED) is 0.622. The maximum Gasteiger partial charge on any atom is 0.328 e. The molecule has 0 heterocycles. The van der Waals surface area contributed by atoms with Crippen molar-refractivity contribution >= 4 is 17.3 Å². The molecule has 0 aliphatic heterocycles. The zero-order valence-corrected chi connectivity index (χ0v) is 11.8. The Morgan fingerprint density at radius 2 is 2.05 bits per heavy atom. The van der Waals surface area contributed by atoms with Gasteiger partial charge in [0.2, 0.25) is 0 Å². The van der Waals surface area contributed by atoms with Gasteiger partial charge in [0.1, 0.15) is 6.04 Å². The smallest absolute Gasteiger partial charge is 0.328 e. The van der Waals surface area contributed by atoms with Crippen LogP contribution in [0.2, 0.25) is 0 Å². The number of esters is 1. The second-order valence-corrected chi connectivity index (χ2v) is 5.00. The van der Waals surface area contributed by atoms with E-state index in [1.165, 1.54) is 25.3 Å². The first-order valence-electron chi connectivity index (χ1n) is 6.37. The Hall–Kier alpha value is -1.85. The van der Waals surface area contributed by atoms with Gasteiger partial charge in [-0.3, -0.25) is 0 Å². The van der Waals surface area contributed by atoms with Gasteiger partial charge < -0.3 is 15.8 Å². The number of nitrogens with one attached hydrogen (secondary N) is 1. The van der Waals surface area contributed by atoms with Crippen LogP contribution in [0.3, 0.4) is 0 Å². The van der Waals surface area contributed by atoms with E-state index in [-0.39, 0.29) is 22.9 Å². The lowest BCUT2D eigenvalue weighted by Gasteiger charge is -2.21. The number of alkyl halides is 2. The molecular formula is C14H20F2N2O2. The zero-order chi connectivity index (χ0) is 15.3. The van der Waals surface area contributed by atoms with Gasteiger partial charge in [-0.2, -0.15) is 0 Å². The first-order valence-corrected chi connectivity index (χ1v) is 6.37. The number of ether oxygens (including phenoxy) is 1. The molecule has 1 rings (SSSR count). The maximum absolute atomic E-state index is 13.0. The summed E-state index contributed by atoms with van der Waals surface area (Å²) in [4.78, 5) is 11.7. The Morgan fingerprint density at radius 1 is 1.40 bits per heavy atom. The second-order valence-electron chi connectivity index (χ2n) is 5.00. The summed E-state index contributed by atoms with van der Waals surface area (Å²) in [5.74, 6) is -0.258. The lowest BCUT2D eigenvalue weighted by molar-refractivity contribution is -0.141. The average Bonchev–Trinajstić information content (AvgIpc) is 2.38. The molecule has 1 atom stereocenters. The van der Waals surface area contributed by atoms with Crippen LogP contribution in [0.25, 0.3) is 0 Å². The monoisotopic (exact) mass is 286 g/mol. The third-order valence-corrected chi connectivity index (χ3v) is 2.83. The molecule has 0 aliphatic carbocycles. The summed E-state index contributed by atoms with van der Waals surface area (Å²) in [5, 5.41) is 2.83. The van der Waals surface area contributed by atoms with E-state index < -0.39 is 18.4 Å². The standard InChI is InChI=1S/C14H20F2N2O2/c1-8(2)6-12(14(19)20-3)18-11-5-4-9(17)7-10(11)13(15)16/h4-5,7-8,12-13,18H,6,17H2,1-3H3. The summed E-state index contributed by atoms with van der Waals surface area (Å²) >= 11 is 0. The zero-order valence-electron chi connectivity index (χ0n) is 11.8. The van der Waals surface area contributed by atoms with Crippen molar-refractivity contribution in [2.45, 2.75) is 32.7 Å². The fourth-order valence-electron chi connectivity index (χ4n) is 1.91. The molecule has 112 valence electrons. The lowest BCUT2D eigenvalue weighted by Crippen LogP contribution is -2.32. The maximum atomic E-state index is 13.0. The van der Waals surface area contributed by atoms with Gasteiger partial charge >= 0.3 is 5.97 Å². The first kappa shape index (κ1) is 16.2. The van der Waals surface area contributed by atoms with Gasteiger partial charge in [-0.25, -0.2) is 13.6 Å². The van der Waals surface area contributed by atoms with Gasteiger partial charge in [-0.15, -0.1) is 0 Å². The number of carbonyl (C=O) groups excluding carboxylic acids is 1. The predicted octanol–water partition coefficient (Wildman–Crippen LogP) is 3.21. The molecule has 0 bridgehead atoms. The highest BCUT2D eigenvalue weighted by molar-refractivity contribution is 5.79. The Morgan fingerprint density at radius 3 is 2.55 bits per heavy atom. The average molecular weight is 286 g/mol. The molecule has 1 unspecified atom stereocenters. The normalized spacial score (nSPS) is 12.6. The number of nitrogen functional groups attached to an aromatic ring is 1. The molecule has 0 saturated heterocycles. The van der Waals surface area contributed by atoms with Crippen LogP contribution >= 0.6 is 0 Å². The van der Waals surface area contributed by atoms with Crippen molar-refractivity contribution < 1.29 is 18.3 Å². The number of nitrogens with two attached hydrogens (primary N) is 1. The van der Waals surface area contributed by atoms with Gasteiger partial charge in [0, 0.05) is 16.9 Å². The number of halogens is 2. The van der Waals surface area contributed by atoms with Gasteiger partial charge in [0.15, 0.2) is 0 Å². The van der Waals surface area contributed by atoms with Crippen molar-refractivity contribution in [1.82, 2.24) is 0 Å². The number of methoxy groups -OCH3 is 1. The van der Waals surface area contributed by atoms with Crippen LogP contribution in [-0.2, 0) is 9.53 Å². The summed E-state index contributed by atoms with van der Waals surface area (Å²) in [6.45, 7) is 3.88. The molecule has 0 aromatic heterocycles. The summed E-state index contributed by atoms with van der Waals surface area (Å²) in [6, 6.07) is 3.50. The summed E-state index contributed by atoms with van der Waals surface area (Å²) in [5.41, 5.74) is 5.74. The number of anilines is 2. The van der Waals surface area contributed by atoms with Crippen molar-refractivity contribution in [3.8, 4) is 0 Å². The Balaban J connectivity index is 3.01. The van der Waals surface area contributed by atoms with E-state index in [1.807, 2.05) is 13.8 Å². The van der Waals surface area contributed by atoms with Crippen LogP contribution < -0.4 is 11.1 Å². The highest BCUT2D eigenvalue weighted by Crippen LogP contribution is 2.30.